The normalized spacial score (nSPS) is 14.7. The summed E-state index contributed by atoms with van der Waals surface area (Å²) in [5.74, 6) is 0.524. The zero-order chi connectivity index (χ0) is 27.9. The van der Waals surface area contributed by atoms with Crippen molar-refractivity contribution in [3.05, 3.63) is 91.0 Å². The number of carbonyl (C=O) groups excluding carboxylic acids is 1. The van der Waals surface area contributed by atoms with Gasteiger partial charge >= 0.3 is 0 Å². The molecule has 204 valence electrons. The summed E-state index contributed by atoms with van der Waals surface area (Å²) >= 11 is 0. The van der Waals surface area contributed by atoms with Crippen molar-refractivity contribution in [3.8, 4) is 33.9 Å². The first-order valence-corrected chi connectivity index (χ1v) is 13.9. The average molecular weight is 543 g/mol. The maximum Gasteiger partial charge on any atom is 0.220 e. The number of primary amides is 1. The van der Waals surface area contributed by atoms with Crippen molar-refractivity contribution in [2.24, 2.45) is 18.7 Å². The van der Waals surface area contributed by atoms with E-state index < -0.39 is 0 Å². The molecule has 9 nitrogen and oxygen atoms in total. The topological polar surface area (TPSA) is 107 Å². The van der Waals surface area contributed by atoms with Gasteiger partial charge in [0.1, 0.15) is 5.69 Å². The van der Waals surface area contributed by atoms with Crippen LogP contribution < -0.4 is 5.73 Å². The van der Waals surface area contributed by atoms with Crippen LogP contribution in [0.5, 0.6) is 0 Å². The Labute approximate surface area is 237 Å². The predicted molar refractivity (Wildman–Crippen MR) is 159 cm³/mol. The van der Waals surface area contributed by atoms with Gasteiger partial charge in [0.15, 0.2) is 11.5 Å². The molecular weight excluding hydrogens is 512 g/mol. The number of hydrogen-bond donors (Lipinski definition) is 1. The second-order valence-electron chi connectivity index (χ2n) is 10.8. The van der Waals surface area contributed by atoms with Crippen LogP contribution in [0.25, 0.3) is 50.5 Å². The summed E-state index contributed by atoms with van der Waals surface area (Å²) in [6.45, 7) is 2.63. The molecular formula is C32H30N8O. The SMILES string of the molecule is Cn1cnc(-c2nnc3c4cc(-c5ccccc5)c(-c5ccc(CN6CCC(C(N)=O)CC6)cc5)nc4ccn23)c1. The third-order valence-corrected chi connectivity index (χ3v) is 8.01. The number of imidazole rings is 1. The molecule has 0 radical (unpaired) electrons. The van der Waals surface area contributed by atoms with Gasteiger partial charge in [0.05, 0.1) is 17.5 Å². The predicted octanol–water partition coefficient (Wildman–Crippen LogP) is 4.71. The summed E-state index contributed by atoms with van der Waals surface area (Å²) in [6.07, 6.45) is 7.32. The summed E-state index contributed by atoms with van der Waals surface area (Å²) in [6, 6.07) is 23.2. The van der Waals surface area contributed by atoms with Gasteiger partial charge in [0.25, 0.3) is 0 Å². The van der Waals surface area contributed by atoms with Gasteiger partial charge in [-0.2, -0.15) is 0 Å². The molecule has 1 fully saturated rings. The number of fused-ring (bicyclic) bond motifs is 3. The minimum atomic E-state index is -0.176. The largest absolute Gasteiger partial charge is 0.369 e. The molecule has 2 N–H and O–H groups in total. The van der Waals surface area contributed by atoms with Gasteiger partial charge in [-0.05, 0) is 49.2 Å². The maximum absolute atomic E-state index is 11.5. The molecule has 6 aromatic rings. The quantitative estimate of drug-likeness (QED) is 0.327. The molecule has 0 spiro atoms. The molecule has 0 aliphatic carbocycles. The lowest BCUT2D eigenvalue weighted by atomic mass is 9.95. The lowest BCUT2D eigenvalue weighted by Crippen LogP contribution is -2.38. The molecule has 41 heavy (non-hydrogen) atoms. The monoisotopic (exact) mass is 542 g/mol. The summed E-state index contributed by atoms with van der Waals surface area (Å²) in [5.41, 5.74) is 13.2. The van der Waals surface area contributed by atoms with Crippen molar-refractivity contribution in [1.82, 2.24) is 34.0 Å². The molecule has 9 heteroatoms. The molecule has 0 unspecified atom stereocenters. The van der Waals surface area contributed by atoms with Gasteiger partial charge in [-0.15, -0.1) is 10.2 Å². The molecule has 1 saturated heterocycles. The molecule has 2 aromatic carbocycles. The Hall–Kier alpha value is -4.89. The molecule has 1 aliphatic heterocycles. The molecule has 5 heterocycles. The number of aryl methyl sites for hydroxylation is 1. The highest BCUT2D eigenvalue weighted by atomic mass is 16.1. The Kier molecular flexibility index (Phi) is 6.28. The van der Waals surface area contributed by atoms with Gasteiger partial charge in [-0.25, -0.2) is 9.97 Å². The number of pyridine rings is 2. The van der Waals surface area contributed by atoms with E-state index in [2.05, 4.69) is 62.5 Å². The molecule has 4 aromatic heterocycles. The van der Waals surface area contributed by atoms with E-state index in [0.717, 1.165) is 77.1 Å². The fraction of sp³-hybridized carbons (Fsp3) is 0.219. The Balaban J connectivity index is 1.26. The van der Waals surface area contributed by atoms with Crippen molar-refractivity contribution >= 4 is 22.5 Å². The molecule has 7 rings (SSSR count). The summed E-state index contributed by atoms with van der Waals surface area (Å²) in [4.78, 5) is 23.5. The number of amides is 1. The van der Waals surface area contributed by atoms with Crippen LogP contribution >= 0.6 is 0 Å². The van der Waals surface area contributed by atoms with Crippen LogP contribution in [0, 0.1) is 5.92 Å². The number of nitrogens with two attached hydrogens (primary N) is 1. The number of benzene rings is 2. The number of aromatic nitrogens is 6. The number of hydrogen-bond acceptors (Lipinski definition) is 6. The second kappa shape index (κ2) is 10.3. The van der Waals surface area contributed by atoms with Crippen molar-refractivity contribution in [2.75, 3.05) is 13.1 Å². The fourth-order valence-electron chi connectivity index (χ4n) is 5.76. The highest BCUT2D eigenvalue weighted by Gasteiger charge is 2.23. The summed E-state index contributed by atoms with van der Waals surface area (Å²) in [5, 5.41) is 9.94. The van der Waals surface area contributed by atoms with Crippen molar-refractivity contribution < 1.29 is 4.79 Å². The lowest BCUT2D eigenvalue weighted by molar-refractivity contribution is -0.123. The minimum Gasteiger partial charge on any atom is -0.369 e. The highest BCUT2D eigenvalue weighted by Crippen LogP contribution is 2.35. The van der Waals surface area contributed by atoms with Gasteiger partial charge in [0, 0.05) is 48.4 Å². The van der Waals surface area contributed by atoms with Crippen molar-refractivity contribution in [2.45, 2.75) is 19.4 Å². The Morgan fingerprint density at radius 1 is 0.976 bits per heavy atom. The van der Waals surface area contributed by atoms with E-state index in [4.69, 9.17) is 10.7 Å². The van der Waals surface area contributed by atoms with E-state index in [1.54, 1.807) is 6.33 Å². The number of nitrogens with zero attached hydrogens (tertiary/aromatic N) is 7. The highest BCUT2D eigenvalue weighted by molar-refractivity contribution is 5.98. The van der Waals surface area contributed by atoms with E-state index in [0.29, 0.717) is 5.82 Å². The first-order chi connectivity index (χ1) is 20.0. The van der Waals surface area contributed by atoms with Crippen LogP contribution in [0.2, 0.25) is 0 Å². The van der Waals surface area contributed by atoms with E-state index in [1.165, 1.54) is 5.56 Å². The molecule has 0 saturated carbocycles. The zero-order valence-electron chi connectivity index (χ0n) is 22.8. The van der Waals surface area contributed by atoms with E-state index in [9.17, 15) is 4.79 Å². The van der Waals surface area contributed by atoms with E-state index in [-0.39, 0.29) is 11.8 Å². The van der Waals surface area contributed by atoms with Gasteiger partial charge in [0.2, 0.25) is 5.91 Å². The van der Waals surface area contributed by atoms with Crippen LogP contribution in [0.1, 0.15) is 18.4 Å². The third-order valence-electron chi connectivity index (χ3n) is 8.01. The van der Waals surface area contributed by atoms with Crippen LogP contribution in [-0.4, -0.2) is 53.0 Å². The van der Waals surface area contributed by atoms with E-state index >= 15 is 0 Å². The van der Waals surface area contributed by atoms with E-state index in [1.807, 2.05) is 52.7 Å². The maximum atomic E-state index is 11.5. The molecule has 1 amide bonds. The molecule has 0 atom stereocenters. The number of likely N-dealkylation sites (tertiary alicyclic amines) is 1. The smallest absolute Gasteiger partial charge is 0.220 e. The van der Waals surface area contributed by atoms with Crippen molar-refractivity contribution in [3.63, 3.8) is 0 Å². The zero-order valence-corrected chi connectivity index (χ0v) is 22.8. The summed E-state index contributed by atoms with van der Waals surface area (Å²) in [7, 11) is 1.94. The molecule has 1 aliphatic rings. The second-order valence-corrected chi connectivity index (χ2v) is 10.8. The summed E-state index contributed by atoms with van der Waals surface area (Å²) < 4.78 is 3.87. The Morgan fingerprint density at radius 3 is 2.46 bits per heavy atom. The van der Waals surface area contributed by atoms with Crippen LogP contribution in [0.4, 0.5) is 0 Å². The lowest BCUT2D eigenvalue weighted by Gasteiger charge is -2.30. The van der Waals surface area contributed by atoms with Gasteiger partial charge < -0.3 is 10.3 Å². The minimum absolute atomic E-state index is 0.00426. The number of piperidine rings is 1. The standard InChI is InChI=1S/C32H30N8O/c1-38-19-28(34-20-38)32-37-36-31-26-17-25(22-5-3-2-4-6-22)29(35-27(26)13-16-40(31)32)23-9-7-21(8-10-23)18-39-14-11-24(12-15-39)30(33)41/h2-10,13,16-17,19-20,24H,11-12,14-15,18H2,1H3,(H2,33,41). The Morgan fingerprint density at radius 2 is 1.76 bits per heavy atom. The van der Waals surface area contributed by atoms with Crippen LogP contribution in [0.15, 0.2) is 85.5 Å². The third kappa shape index (κ3) is 4.74. The first-order valence-electron chi connectivity index (χ1n) is 13.9. The van der Waals surface area contributed by atoms with Gasteiger partial charge in [-0.1, -0.05) is 54.6 Å². The van der Waals surface area contributed by atoms with Crippen LogP contribution in [-0.2, 0) is 18.4 Å². The van der Waals surface area contributed by atoms with Crippen LogP contribution in [0.3, 0.4) is 0 Å². The Bertz CT molecular complexity index is 1870. The number of rotatable bonds is 6. The molecule has 0 bridgehead atoms. The number of carbonyl (C=O) groups is 1. The first kappa shape index (κ1) is 25.1. The average Bonchev–Trinajstić information content (AvgIpc) is 3.64. The fourth-order valence-corrected chi connectivity index (χ4v) is 5.76. The van der Waals surface area contributed by atoms with Crippen molar-refractivity contribution in [1.29, 1.82) is 0 Å². The van der Waals surface area contributed by atoms with Gasteiger partial charge in [-0.3, -0.25) is 14.1 Å².